The van der Waals surface area contributed by atoms with Crippen LogP contribution in [0.15, 0.2) is 71.3 Å². The first-order chi connectivity index (χ1) is 14.8. The van der Waals surface area contributed by atoms with Gasteiger partial charge in [0.25, 0.3) is 0 Å². The molecule has 31 heavy (non-hydrogen) atoms. The second-order valence-corrected chi connectivity index (χ2v) is 9.09. The third-order valence-corrected chi connectivity index (χ3v) is 5.87. The van der Waals surface area contributed by atoms with Crippen molar-refractivity contribution in [2.24, 2.45) is 11.1 Å². The molecule has 0 saturated heterocycles. The average Bonchev–Trinajstić information content (AvgIpc) is 2.71. The van der Waals surface area contributed by atoms with E-state index in [0.29, 0.717) is 41.6 Å². The lowest BCUT2D eigenvalue weighted by molar-refractivity contribution is -0.119. The van der Waals surface area contributed by atoms with E-state index >= 15 is 0 Å². The van der Waals surface area contributed by atoms with Gasteiger partial charge in [0.1, 0.15) is 29.8 Å². The van der Waals surface area contributed by atoms with Gasteiger partial charge in [-0.2, -0.15) is 5.26 Å². The molecular weight excluding hydrogens is 412 g/mol. The first-order valence-corrected chi connectivity index (χ1v) is 10.5. The SMILES string of the molecule is CC1(C)CC(=O)C2=C(C1)OC(N)=C(C#N)[C@@H]2c1ccccc1OCc1ccc(Cl)cc1. The Hall–Kier alpha value is -3.23. The lowest BCUT2D eigenvalue weighted by atomic mass is 9.70. The third-order valence-electron chi connectivity index (χ3n) is 5.61. The Bertz CT molecular complexity index is 1140. The van der Waals surface area contributed by atoms with E-state index in [1.54, 1.807) is 12.1 Å². The summed E-state index contributed by atoms with van der Waals surface area (Å²) in [5.41, 5.74) is 8.31. The Labute approximate surface area is 186 Å². The molecule has 0 fully saturated rings. The van der Waals surface area contributed by atoms with Crippen molar-refractivity contribution in [3.05, 3.63) is 87.5 Å². The quantitative estimate of drug-likeness (QED) is 0.699. The van der Waals surface area contributed by atoms with Gasteiger partial charge in [-0.15, -0.1) is 0 Å². The van der Waals surface area contributed by atoms with Crippen molar-refractivity contribution in [3.8, 4) is 11.8 Å². The minimum Gasteiger partial charge on any atom is -0.489 e. The van der Waals surface area contributed by atoms with E-state index < -0.39 is 5.92 Å². The summed E-state index contributed by atoms with van der Waals surface area (Å²) in [6.45, 7) is 4.37. The molecule has 1 aliphatic heterocycles. The Morgan fingerprint density at radius 3 is 2.61 bits per heavy atom. The van der Waals surface area contributed by atoms with Crippen LogP contribution < -0.4 is 10.5 Å². The fraction of sp³-hybridized carbons (Fsp3) is 0.280. The zero-order valence-electron chi connectivity index (χ0n) is 17.4. The smallest absolute Gasteiger partial charge is 0.205 e. The average molecular weight is 435 g/mol. The van der Waals surface area contributed by atoms with Crippen LogP contribution in [0.4, 0.5) is 0 Å². The maximum absolute atomic E-state index is 13.2. The van der Waals surface area contributed by atoms with E-state index in [1.807, 2.05) is 50.2 Å². The van der Waals surface area contributed by atoms with E-state index in [4.69, 9.17) is 26.8 Å². The number of benzene rings is 2. The van der Waals surface area contributed by atoms with Gasteiger partial charge in [-0.1, -0.05) is 55.8 Å². The molecule has 0 amide bonds. The first kappa shape index (κ1) is 21.0. The zero-order chi connectivity index (χ0) is 22.2. The molecule has 0 bridgehead atoms. The number of nitrogens with two attached hydrogens (primary N) is 1. The highest BCUT2D eigenvalue weighted by Gasteiger charge is 2.43. The fourth-order valence-electron chi connectivity index (χ4n) is 4.19. The van der Waals surface area contributed by atoms with E-state index in [2.05, 4.69) is 6.07 Å². The second-order valence-electron chi connectivity index (χ2n) is 8.66. The van der Waals surface area contributed by atoms with Crippen molar-refractivity contribution in [2.45, 2.75) is 39.2 Å². The normalized spacial score (nSPS) is 20.1. The number of halogens is 1. The van der Waals surface area contributed by atoms with Crippen molar-refractivity contribution in [1.82, 2.24) is 0 Å². The minimum atomic E-state index is -0.612. The highest BCUT2D eigenvalue weighted by molar-refractivity contribution is 6.30. The zero-order valence-corrected chi connectivity index (χ0v) is 18.2. The molecule has 5 nitrogen and oxygen atoms in total. The summed E-state index contributed by atoms with van der Waals surface area (Å²) in [5.74, 6) is 0.552. The van der Waals surface area contributed by atoms with Crippen LogP contribution >= 0.6 is 11.6 Å². The summed E-state index contributed by atoms with van der Waals surface area (Å²) in [6, 6.07) is 17.0. The summed E-state index contributed by atoms with van der Waals surface area (Å²) in [7, 11) is 0. The number of nitrogens with zero attached hydrogens (tertiary/aromatic N) is 1. The lowest BCUT2D eigenvalue weighted by Crippen LogP contribution is -2.33. The Morgan fingerprint density at radius 2 is 1.90 bits per heavy atom. The van der Waals surface area contributed by atoms with Crippen LogP contribution in [0.25, 0.3) is 0 Å². The van der Waals surface area contributed by atoms with Crippen LogP contribution in [0.2, 0.25) is 5.02 Å². The fourth-order valence-corrected chi connectivity index (χ4v) is 4.31. The summed E-state index contributed by atoms with van der Waals surface area (Å²) in [5, 5.41) is 10.5. The predicted octanol–water partition coefficient (Wildman–Crippen LogP) is 5.37. The van der Waals surface area contributed by atoms with Crippen LogP contribution in [-0.4, -0.2) is 5.78 Å². The Kier molecular flexibility index (Phi) is 5.51. The number of carbonyl (C=O) groups excluding carboxylic acids is 1. The van der Waals surface area contributed by atoms with E-state index in [-0.39, 0.29) is 22.7 Å². The van der Waals surface area contributed by atoms with E-state index in [9.17, 15) is 10.1 Å². The number of nitriles is 1. The van der Waals surface area contributed by atoms with Crippen molar-refractivity contribution < 1.29 is 14.3 Å². The topological polar surface area (TPSA) is 85.3 Å². The summed E-state index contributed by atoms with van der Waals surface area (Å²) in [6.07, 6.45) is 0.968. The largest absolute Gasteiger partial charge is 0.489 e. The molecular formula is C25H23ClN2O3. The van der Waals surface area contributed by atoms with Crippen molar-refractivity contribution >= 4 is 17.4 Å². The van der Waals surface area contributed by atoms with Crippen LogP contribution in [0.1, 0.15) is 43.7 Å². The van der Waals surface area contributed by atoms with Crippen molar-refractivity contribution in [1.29, 1.82) is 5.26 Å². The van der Waals surface area contributed by atoms with Gasteiger partial charge in [-0.3, -0.25) is 4.79 Å². The molecule has 6 heteroatoms. The molecule has 2 N–H and O–H groups in total. The molecule has 1 aliphatic carbocycles. The van der Waals surface area contributed by atoms with E-state index in [1.165, 1.54) is 0 Å². The number of carbonyl (C=O) groups is 1. The van der Waals surface area contributed by atoms with E-state index in [0.717, 1.165) is 11.1 Å². The Morgan fingerprint density at radius 1 is 1.19 bits per heavy atom. The highest BCUT2D eigenvalue weighted by atomic mass is 35.5. The molecule has 0 saturated carbocycles. The monoisotopic (exact) mass is 434 g/mol. The molecule has 0 spiro atoms. The molecule has 1 atom stereocenters. The minimum absolute atomic E-state index is 0.0241. The highest BCUT2D eigenvalue weighted by Crippen LogP contribution is 2.49. The maximum Gasteiger partial charge on any atom is 0.205 e. The van der Waals surface area contributed by atoms with Gasteiger partial charge in [0.05, 0.1) is 5.92 Å². The molecule has 4 rings (SSSR count). The molecule has 0 radical (unpaired) electrons. The predicted molar refractivity (Wildman–Crippen MR) is 118 cm³/mol. The number of hydrogen-bond acceptors (Lipinski definition) is 5. The molecule has 2 aliphatic rings. The summed E-state index contributed by atoms with van der Waals surface area (Å²) >= 11 is 5.96. The molecule has 2 aromatic rings. The standard InChI is InChI=1S/C25H23ClN2O3/c1-25(2)11-19(29)23-21(12-25)31-24(28)18(13-27)22(23)17-5-3-4-6-20(17)30-14-15-7-9-16(26)10-8-15/h3-10,22H,11-12,14,28H2,1-2H3/t22-/m0/s1. The third kappa shape index (κ3) is 4.17. The van der Waals surface area contributed by atoms with Crippen LogP contribution in [0.3, 0.4) is 0 Å². The molecule has 2 aromatic carbocycles. The van der Waals surface area contributed by atoms with Gasteiger partial charge in [0.2, 0.25) is 5.88 Å². The van der Waals surface area contributed by atoms with Gasteiger partial charge < -0.3 is 15.2 Å². The van der Waals surface area contributed by atoms with Gasteiger partial charge in [-0.25, -0.2) is 0 Å². The number of allylic oxidation sites excluding steroid dienone is 3. The van der Waals surface area contributed by atoms with Crippen LogP contribution in [0, 0.1) is 16.7 Å². The molecule has 0 unspecified atom stereocenters. The van der Waals surface area contributed by atoms with Crippen molar-refractivity contribution in [3.63, 3.8) is 0 Å². The molecule has 158 valence electrons. The number of hydrogen-bond donors (Lipinski definition) is 1. The van der Waals surface area contributed by atoms with Gasteiger partial charge in [-0.05, 0) is 29.2 Å². The summed E-state index contributed by atoms with van der Waals surface area (Å²) in [4.78, 5) is 13.2. The van der Waals surface area contributed by atoms with Gasteiger partial charge in [0.15, 0.2) is 5.78 Å². The number of ketones is 1. The first-order valence-electron chi connectivity index (χ1n) is 10.1. The number of Topliss-reactive ketones (excluding diaryl/α,β-unsaturated/α-hetero) is 1. The summed E-state index contributed by atoms with van der Waals surface area (Å²) < 4.78 is 11.9. The van der Waals surface area contributed by atoms with Crippen molar-refractivity contribution in [2.75, 3.05) is 0 Å². The van der Waals surface area contributed by atoms with Gasteiger partial charge in [0, 0.05) is 29.0 Å². The lowest BCUT2D eigenvalue weighted by Gasteiger charge is -2.37. The number of rotatable bonds is 4. The Balaban J connectivity index is 1.75. The molecule has 1 heterocycles. The number of ether oxygens (including phenoxy) is 2. The van der Waals surface area contributed by atoms with Gasteiger partial charge >= 0.3 is 0 Å². The van der Waals surface area contributed by atoms with Crippen LogP contribution in [-0.2, 0) is 16.1 Å². The molecule has 0 aromatic heterocycles. The maximum atomic E-state index is 13.2. The second kappa shape index (κ2) is 8.13. The van der Waals surface area contributed by atoms with Crippen LogP contribution in [0.5, 0.6) is 5.75 Å². The number of para-hydroxylation sites is 1.